The molecule has 29 heavy (non-hydrogen) atoms. The van der Waals surface area contributed by atoms with E-state index in [9.17, 15) is 14.7 Å². The van der Waals surface area contributed by atoms with Crippen molar-refractivity contribution >= 4 is 29.3 Å². The van der Waals surface area contributed by atoms with E-state index in [1.807, 2.05) is 13.8 Å². The number of thioether (sulfide) groups is 1. The zero-order valence-electron chi connectivity index (χ0n) is 16.9. The molecule has 1 aromatic carbocycles. The fraction of sp³-hybridized carbons (Fsp3) is 0.421. The Labute approximate surface area is 173 Å². The molecule has 0 aliphatic heterocycles. The maximum atomic E-state index is 12.4. The molecular formula is C19H26N4O5S. The Bertz CT molecular complexity index is 853. The minimum atomic E-state index is -0.270. The van der Waals surface area contributed by atoms with Crippen LogP contribution in [-0.4, -0.2) is 52.5 Å². The average Bonchev–Trinajstić information content (AvgIpc) is 3.07. The number of methoxy groups -OCH3 is 2. The standard InChI is InChI=1S/C19H26N4O5S/c1-12(2)21-17(25)9-23-13(10-24)8-20-19(23)29-11-18(26)22-15-7-14(27-3)5-6-16(15)28-4/h5-8,12,24H,9-11H2,1-4H3,(H,21,25)(H,22,26). The second-order valence-corrected chi connectivity index (χ2v) is 7.34. The first-order valence-electron chi connectivity index (χ1n) is 8.97. The summed E-state index contributed by atoms with van der Waals surface area (Å²) in [6, 6.07) is 5.11. The summed E-state index contributed by atoms with van der Waals surface area (Å²) < 4.78 is 12.0. The van der Waals surface area contributed by atoms with Crippen LogP contribution >= 0.6 is 11.8 Å². The maximum absolute atomic E-state index is 12.4. The lowest BCUT2D eigenvalue weighted by atomic mass is 10.2. The average molecular weight is 423 g/mol. The van der Waals surface area contributed by atoms with Crippen molar-refractivity contribution in [2.75, 3.05) is 25.3 Å². The molecule has 9 nitrogen and oxygen atoms in total. The van der Waals surface area contributed by atoms with Crippen molar-refractivity contribution in [2.45, 2.75) is 38.2 Å². The Balaban J connectivity index is 2.05. The predicted octanol–water partition coefficient (Wildman–Crippen LogP) is 1.65. The SMILES string of the molecule is COc1ccc(OC)c(NC(=O)CSc2ncc(CO)n2CC(=O)NC(C)C)c1. The molecule has 2 amide bonds. The third-order valence-corrected chi connectivity index (χ3v) is 4.82. The van der Waals surface area contributed by atoms with Crippen LogP contribution in [0, 0.1) is 0 Å². The second-order valence-electron chi connectivity index (χ2n) is 6.40. The van der Waals surface area contributed by atoms with Crippen molar-refractivity contribution in [3.05, 3.63) is 30.1 Å². The van der Waals surface area contributed by atoms with Crippen molar-refractivity contribution in [1.29, 1.82) is 0 Å². The molecule has 0 bridgehead atoms. The number of hydrogen-bond acceptors (Lipinski definition) is 7. The van der Waals surface area contributed by atoms with Gasteiger partial charge in [-0.2, -0.15) is 0 Å². The van der Waals surface area contributed by atoms with Crippen LogP contribution in [0.2, 0.25) is 0 Å². The van der Waals surface area contributed by atoms with E-state index in [4.69, 9.17) is 9.47 Å². The Morgan fingerprint density at radius 3 is 2.62 bits per heavy atom. The Morgan fingerprint density at radius 1 is 1.24 bits per heavy atom. The summed E-state index contributed by atoms with van der Waals surface area (Å²) in [6.07, 6.45) is 1.49. The van der Waals surface area contributed by atoms with Gasteiger partial charge in [0.15, 0.2) is 5.16 Å². The summed E-state index contributed by atoms with van der Waals surface area (Å²) in [5.74, 6) is 0.702. The number of nitrogens with one attached hydrogen (secondary N) is 2. The maximum Gasteiger partial charge on any atom is 0.240 e. The van der Waals surface area contributed by atoms with Crippen molar-refractivity contribution in [3.63, 3.8) is 0 Å². The van der Waals surface area contributed by atoms with E-state index in [0.717, 1.165) is 0 Å². The molecule has 0 fully saturated rings. The van der Waals surface area contributed by atoms with E-state index in [2.05, 4.69) is 15.6 Å². The Hall–Kier alpha value is -2.72. The van der Waals surface area contributed by atoms with Crippen LogP contribution < -0.4 is 20.1 Å². The van der Waals surface area contributed by atoms with Crippen LogP contribution in [-0.2, 0) is 22.7 Å². The number of imidazole rings is 1. The van der Waals surface area contributed by atoms with Gasteiger partial charge in [-0.25, -0.2) is 4.98 Å². The monoisotopic (exact) mass is 422 g/mol. The van der Waals surface area contributed by atoms with Gasteiger partial charge in [0.25, 0.3) is 0 Å². The molecule has 3 N–H and O–H groups in total. The quantitative estimate of drug-likeness (QED) is 0.499. The fourth-order valence-electron chi connectivity index (χ4n) is 2.54. The van der Waals surface area contributed by atoms with Crippen molar-refractivity contribution in [2.24, 2.45) is 0 Å². The zero-order valence-corrected chi connectivity index (χ0v) is 17.7. The Morgan fingerprint density at radius 2 is 2.00 bits per heavy atom. The summed E-state index contributed by atoms with van der Waals surface area (Å²) in [7, 11) is 3.05. The van der Waals surface area contributed by atoms with Gasteiger partial charge in [0, 0.05) is 12.1 Å². The predicted molar refractivity (Wildman–Crippen MR) is 110 cm³/mol. The fourth-order valence-corrected chi connectivity index (χ4v) is 3.34. The zero-order chi connectivity index (χ0) is 21.4. The molecule has 1 heterocycles. The van der Waals surface area contributed by atoms with Crippen molar-refractivity contribution in [3.8, 4) is 11.5 Å². The number of amides is 2. The van der Waals surface area contributed by atoms with Gasteiger partial charge in [0.05, 0.1) is 44.2 Å². The lowest BCUT2D eigenvalue weighted by Gasteiger charge is -2.13. The van der Waals surface area contributed by atoms with Gasteiger partial charge in [-0.3, -0.25) is 9.59 Å². The molecule has 0 unspecified atom stereocenters. The van der Waals surface area contributed by atoms with Gasteiger partial charge in [-0.05, 0) is 26.0 Å². The normalized spacial score (nSPS) is 10.7. The summed E-state index contributed by atoms with van der Waals surface area (Å²) in [6.45, 7) is 3.49. The summed E-state index contributed by atoms with van der Waals surface area (Å²) >= 11 is 1.17. The van der Waals surface area contributed by atoms with Gasteiger partial charge in [0.1, 0.15) is 18.0 Å². The van der Waals surface area contributed by atoms with Gasteiger partial charge in [-0.15, -0.1) is 0 Å². The van der Waals surface area contributed by atoms with Crippen LogP contribution in [0.5, 0.6) is 11.5 Å². The van der Waals surface area contributed by atoms with E-state index in [-0.39, 0.29) is 36.8 Å². The number of nitrogens with zero attached hydrogens (tertiary/aromatic N) is 2. The number of rotatable bonds is 10. The van der Waals surface area contributed by atoms with Crippen LogP contribution in [0.3, 0.4) is 0 Å². The number of aromatic nitrogens is 2. The molecule has 0 radical (unpaired) electrons. The van der Waals surface area contributed by atoms with Gasteiger partial charge >= 0.3 is 0 Å². The number of hydrogen-bond donors (Lipinski definition) is 3. The molecular weight excluding hydrogens is 396 g/mol. The first-order valence-corrected chi connectivity index (χ1v) is 9.95. The number of benzene rings is 1. The highest BCUT2D eigenvalue weighted by molar-refractivity contribution is 7.99. The number of carbonyl (C=O) groups excluding carboxylic acids is 2. The molecule has 0 spiro atoms. The van der Waals surface area contributed by atoms with Gasteiger partial charge in [-0.1, -0.05) is 11.8 Å². The van der Waals surface area contributed by atoms with Crippen LogP contribution in [0.15, 0.2) is 29.6 Å². The second kappa shape index (κ2) is 10.7. The van der Waals surface area contributed by atoms with E-state index in [0.29, 0.717) is 28.0 Å². The molecule has 0 atom stereocenters. The molecule has 0 aliphatic carbocycles. The van der Waals surface area contributed by atoms with Crippen molar-refractivity contribution in [1.82, 2.24) is 14.9 Å². The summed E-state index contributed by atoms with van der Waals surface area (Å²) in [4.78, 5) is 28.7. The molecule has 1 aromatic heterocycles. The number of carbonyl (C=O) groups is 2. The number of ether oxygens (including phenoxy) is 2. The lowest BCUT2D eigenvalue weighted by molar-refractivity contribution is -0.122. The minimum absolute atomic E-state index is 0.00308. The van der Waals surface area contributed by atoms with E-state index < -0.39 is 0 Å². The molecule has 2 aromatic rings. The lowest BCUT2D eigenvalue weighted by Crippen LogP contribution is -2.33. The van der Waals surface area contributed by atoms with E-state index >= 15 is 0 Å². The molecule has 158 valence electrons. The molecule has 0 saturated carbocycles. The van der Waals surface area contributed by atoms with E-state index in [1.165, 1.54) is 32.2 Å². The van der Waals surface area contributed by atoms with Gasteiger partial charge in [0.2, 0.25) is 11.8 Å². The smallest absolute Gasteiger partial charge is 0.240 e. The summed E-state index contributed by atoms with van der Waals surface area (Å²) in [5.41, 5.74) is 0.995. The van der Waals surface area contributed by atoms with Crippen LogP contribution in [0.25, 0.3) is 0 Å². The largest absolute Gasteiger partial charge is 0.497 e. The number of anilines is 1. The third-order valence-electron chi connectivity index (χ3n) is 3.83. The van der Waals surface area contributed by atoms with Gasteiger partial charge < -0.3 is 29.8 Å². The molecule has 10 heteroatoms. The highest BCUT2D eigenvalue weighted by Gasteiger charge is 2.16. The summed E-state index contributed by atoms with van der Waals surface area (Å²) in [5, 5.41) is 15.6. The van der Waals surface area contributed by atoms with Crippen LogP contribution in [0.4, 0.5) is 5.69 Å². The highest BCUT2D eigenvalue weighted by atomic mass is 32.2. The first-order chi connectivity index (χ1) is 13.9. The minimum Gasteiger partial charge on any atom is -0.497 e. The van der Waals surface area contributed by atoms with E-state index in [1.54, 1.807) is 22.8 Å². The first kappa shape index (κ1) is 22.6. The highest BCUT2D eigenvalue weighted by Crippen LogP contribution is 2.29. The molecule has 2 rings (SSSR count). The Kier molecular flexibility index (Phi) is 8.34. The molecule has 0 aliphatic rings. The third kappa shape index (κ3) is 6.40. The molecule has 0 saturated heterocycles. The van der Waals surface area contributed by atoms with Crippen LogP contribution in [0.1, 0.15) is 19.5 Å². The number of aliphatic hydroxyl groups excluding tert-OH is 1. The van der Waals surface area contributed by atoms with Crippen molar-refractivity contribution < 1.29 is 24.2 Å². The topological polar surface area (TPSA) is 115 Å². The number of aliphatic hydroxyl groups is 1.